The molecule has 7 rings (SSSR count). The lowest BCUT2D eigenvalue weighted by atomic mass is 9.96. The number of halogens is 2. The van der Waals surface area contributed by atoms with Crippen LogP contribution in [0.2, 0.25) is 0 Å². The predicted octanol–water partition coefficient (Wildman–Crippen LogP) is 7.43. The Hall–Kier alpha value is -4.91. The molecule has 1 aliphatic heterocycles. The smallest absolute Gasteiger partial charge is 0.246 e. The second-order valence-electron chi connectivity index (χ2n) is 12.2. The van der Waals surface area contributed by atoms with Gasteiger partial charge in [-0.05, 0) is 55.6 Å². The first kappa shape index (κ1) is 32.6. The molecule has 49 heavy (non-hydrogen) atoms. The van der Waals surface area contributed by atoms with E-state index in [1.54, 1.807) is 4.90 Å². The van der Waals surface area contributed by atoms with E-state index in [2.05, 4.69) is 6.58 Å². The molecule has 0 radical (unpaired) electrons. The second-order valence-corrected chi connectivity index (χ2v) is 13.1. The molecular weight excluding hydrogens is 649 g/mol. The number of carbonyl (C=O) groups excluding carboxylic acids is 1. The molecule has 0 fully saturated rings. The number of amides is 1. The lowest BCUT2D eigenvalue weighted by molar-refractivity contribution is -0.129. The molecule has 0 spiro atoms. The van der Waals surface area contributed by atoms with E-state index in [9.17, 15) is 14.3 Å². The van der Waals surface area contributed by atoms with Gasteiger partial charge in [0.05, 0.1) is 42.2 Å². The van der Waals surface area contributed by atoms with Gasteiger partial charge in [-0.3, -0.25) is 9.48 Å². The van der Waals surface area contributed by atoms with Crippen LogP contribution in [0.25, 0.3) is 54.8 Å². The van der Waals surface area contributed by atoms with Crippen LogP contribution in [0, 0.1) is 11.6 Å². The van der Waals surface area contributed by atoms with E-state index in [-0.39, 0.29) is 49.1 Å². The third kappa shape index (κ3) is 5.49. The quantitative estimate of drug-likeness (QED) is 0.126. The van der Waals surface area contributed by atoms with Crippen molar-refractivity contribution in [1.82, 2.24) is 24.2 Å². The SMILES string of the molecule is C=CC(=O)N1C[C@H](C)n2nc(-c3nc(-c4ccc5c(c4)cc(CO)n5C)c4ccsc4c3-c3c(F)cc(F)cc3OCCOC)cc2[C@H]1C. The number of rotatable bonds is 9. The summed E-state index contributed by atoms with van der Waals surface area (Å²) in [5.41, 5.74) is 5.37. The second kappa shape index (κ2) is 12.8. The minimum absolute atomic E-state index is 0.0238. The van der Waals surface area contributed by atoms with Crippen LogP contribution in [0.4, 0.5) is 8.78 Å². The Morgan fingerprint density at radius 3 is 2.67 bits per heavy atom. The van der Waals surface area contributed by atoms with Gasteiger partial charge in [0.2, 0.25) is 5.91 Å². The third-order valence-corrected chi connectivity index (χ3v) is 10.2. The highest BCUT2D eigenvalue weighted by atomic mass is 32.1. The van der Waals surface area contributed by atoms with Crippen molar-refractivity contribution in [3.63, 3.8) is 0 Å². The van der Waals surface area contributed by atoms with E-state index in [0.29, 0.717) is 29.2 Å². The fourth-order valence-corrected chi connectivity index (χ4v) is 7.73. The van der Waals surface area contributed by atoms with Crippen LogP contribution < -0.4 is 4.74 Å². The monoisotopic (exact) mass is 683 g/mol. The third-order valence-electron chi connectivity index (χ3n) is 9.24. The summed E-state index contributed by atoms with van der Waals surface area (Å²) in [7, 11) is 3.43. The molecule has 1 amide bonds. The molecular formula is C37H35F2N5O4S. The van der Waals surface area contributed by atoms with Crippen molar-refractivity contribution in [1.29, 1.82) is 0 Å². The number of pyridine rings is 1. The average molecular weight is 684 g/mol. The Balaban J connectivity index is 1.51. The van der Waals surface area contributed by atoms with Crippen LogP contribution in [-0.2, 0) is 23.2 Å². The number of methoxy groups -OCH3 is 1. The molecule has 0 saturated carbocycles. The van der Waals surface area contributed by atoms with Crippen molar-refractivity contribution in [3.05, 3.63) is 89.6 Å². The Kier molecular flexibility index (Phi) is 8.55. The zero-order chi connectivity index (χ0) is 34.6. The van der Waals surface area contributed by atoms with E-state index in [4.69, 9.17) is 19.6 Å². The maximum Gasteiger partial charge on any atom is 0.246 e. The number of fused-ring (bicyclic) bond motifs is 3. The molecule has 0 bridgehead atoms. The van der Waals surface area contributed by atoms with E-state index < -0.39 is 11.6 Å². The number of aryl methyl sites for hydroxylation is 1. The normalized spacial score (nSPS) is 16.0. The lowest BCUT2D eigenvalue weighted by Crippen LogP contribution is -2.42. The summed E-state index contributed by atoms with van der Waals surface area (Å²) < 4.78 is 46.5. The van der Waals surface area contributed by atoms with Gasteiger partial charge in [0, 0.05) is 70.6 Å². The molecule has 0 aliphatic carbocycles. The molecule has 2 atom stereocenters. The molecule has 1 aliphatic rings. The molecule has 9 nitrogen and oxygen atoms in total. The van der Waals surface area contributed by atoms with Crippen molar-refractivity contribution < 1.29 is 28.2 Å². The van der Waals surface area contributed by atoms with Gasteiger partial charge in [-0.25, -0.2) is 13.8 Å². The van der Waals surface area contributed by atoms with Gasteiger partial charge in [0.25, 0.3) is 0 Å². The fourth-order valence-electron chi connectivity index (χ4n) is 6.78. The van der Waals surface area contributed by atoms with Gasteiger partial charge >= 0.3 is 0 Å². The summed E-state index contributed by atoms with van der Waals surface area (Å²) in [4.78, 5) is 19.8. The number of aromatic nitrogens is 4. The first-order chi connectivity index (χ1) is 23.6. The fraction of sp³-hybridized carbons (Fsp3) is 0.270. The standard InChI is InChI=1S/C37H35F2N5O4S/c1-6-32(46)43-18-20(2)44-30(21(43)3)17-28(41-44)36-34(33-27(39)15-24(38)16-31(33)48-11-10-47-5)37-26(9-12-49-37)35(40-36)22-7-8-29-23(13-22)14-25(19-45)42(29)4/h6-9,12-17,20-21,45H,1,10-11,18-19H2,2-5H3/t20-,21+/m0/s1. The van der Waals surface area contributed by atoms with Gasteiger partial charge in [-0.15, -0.1) is 11.3 Å². The first-order valence-electron chi connectivity index (χ1n) is 15.9. The van der Waals surface area contributed by atoms with Gasteiger partial charge in [-0.1, -0.05) is 12.6 Å². The number of benzene rings is 2. The minimum Gasteiger partial charge on any atom is -0.490 e. The first-order valence-corrected chi connectivity index (χ1v) is 16.8. The van der Waals surface area contributed by atoms with Crippen LogP contribution >= 0.6 is 11.3 Å². The minimum atomic E-state index is -0.798. The predicted molar refractivity (Wildman–Crippen MR) is 186 cm³/mol. The molecule has 6 aromatic rings. The van der Waals surface area contributed by atoms with Gasteiger partial charge < -0.3 is 24.0 Å². The van der Waals surface area contributed by atoms with Crippen LogP contribution in [0.3, 0.4) is 0 Å². The number of carbonyl (C=O) groups is 1. The van der Waals surface area contributed by atoms with Crippen molar-refractivity contribution in [2.24, 2.45) is 7.05 Å². The molecule has 0 saturated heterocycles. The summed E-state index contributed by atoms with van der Waals surface area (Å²) in [6.07, 6.45) is 1.31. The molecule has 4 aromatic heterocycles. The summed E-state index contributed by atoms with van der Waals surface area (Å²) in [5, 5.41) is 18.5. The Morgan fingerprint density at radius 2 is 1.92 bits per heavy atom. The van der Waals surface area contributed by atoms with E-state index in [0.717, 1.165) is 44.0 Å². The summed E-state index contributed by atoms with van der Waals surface area (Å²) in [6, 6.07) is 13.3. The number of aliphatic hydroxyl groups excluding tert-OH is 1. The molecule has 2 aromatic carbocycles. The molecule has 252 valence electrons. The molecule has 5 heterocycles. The molecule has 12 heteroatoms. The maximum absolute atomic E-state index is 16.2. The van der Waals surface area contributed by atoms with Gasteiger partial charge in [0.1, 0.15) is 35.4 Å². The average Bonchev–Trinajstić information content (AvgIpc) is 3.83. The van der Waals surface area contributed by atoms with Gasteiger partial charge in [-0.2, -0.15) is 5.10 Å². The number of nitrogens with zero attached hydrogens (tertiary/aromatic N) is 5. The Morgan fingerprint density at radius 1 is 1.10 bits per heavy atom. The lowest BCUT2D eigenvalue weighted by Gasteiger charge is -2.36. The molecule has 1 N–H and O–H groups in total. The van der Waals surface area contributed by atoms with Crippen LogP contribution in [-0.4, -0.2) is 62.1 Å². The van der Waals surface area contributed by atoms with Crippen molar-refractivity contribution >= 4 is 38.2 Å². The zero-order valence-electron chi connectivity index (χ0n) is 27.5. The van der Waals surface area contributed by atoms with Crippen molar-refractivity contribution in [2.45, 2.75) is 32.5 Å². The Bertz CT molecular complexity index is 2260. The van der Waals surface area contributed by atoms with Gasteiger partial charge in [0.15, 0.2) is 0 Å². The maximum atomic E-state index is 16.2. The van der Waals surface area contributed by atoms with Crippen LogP contribution in [0.1, 0.15) is 37.3 Å². The number of ether oxygens (including phenoxy) is 2. The highest BCUT2D eigenvalue weighted by molar-refractivity contribution is 7.18. The van der Waals surface area contributed by atoms with Crippen LogP contribution in [0.5, 0.6) is 5.75 Å². The summed E-state index contributed by atoms with van der Waals surface area (Å²) >= 11 is 1.42. The van der Waals surface area contributed by atoms with Crippen LogP contribution in [0.15, 0.2) is 66.6 Å². The van der Waals surface area contributed by atoms with E-state index in [1.165, 1.54) is 30.6 Å². The number of hydrogen-bond acceptors (Lipinski definition) is 7. The zero-order valence-corrected chi connectivity index (χ0v) is 28.4. The topological polar surface area (TPSA) is 94.6 Å². The Labute approximate surface area is 285 Å². The highest BCUT2D eigenvalue weighted by Crippen LogP contribution is 2.48. The van der Waals surface area contributed by atoms with Crippen molar-refractivity contribution in [2.75, 3.05) is 26.9 Å². The summed E-state index contributed by atoms with van der Waals surface area (Å²) in [5.74, 6) is -1.72. The largest absolute Gasteiger partial charge is 0.490 e. The highest BCUT2D eigenvalue weighted by Gasteiger charge is 2.34. The van der Waals surface area contributed by atoms with Crippen molar-refractivity contribution in [3.8, 4) is 39.5 Å². The van der Waals surface area contributed by atoms with E-state index in [1.807, 2.05) is 71.9 Å². The number of aliphatic hydroxyl groups is 1. The number of hydrogen-bond donors (Lipinski definition) is 1. The number of thiophene rings is 1. The molecule has 0 unspecified atom stereocenters. The summed E-state index contributed by atoms with van der Waals surface area (Å²) in [6.45, 7) is 8.23. The van der Waals surface area contributed by atoms with E-state index >= 15 is 4.39 Å².